The quantitative estimate of drug-likeness (QED) is 0.564. The number of likely N-dealkylation sites (tertiary alicyclic amines) is 1. The molecule has 2 atom stereocenters. The number of ether oxygens (including phenoxy) is 1. The van der Waals surface area contributed by atoms with E-state index in [1.165, 1.54) is 4.90 Å². The SMILES string of the molecule is C=CCC(NC(=O)OCC1c2ccccc2-c2ccccc21)C(=O)N1CCCCCCC1C(=O)O. The highest BCUT2D eigenvalue weighted by molar-refractivity contribution is 5.89. The molecule has 2 amide bonds. The predicted octanol–water partition coefficient (Wildman–Crippen LogP) is 4.72. The summed E-state index contributed by atoms with van der Waals surface area (Å²) in [4.78, 5) is 39.4. The molecular weight excluding hydrogens is 444 g/mol. The molecule has 1 aliphatic carbocycles. The molecule has 184 valence electrons. The minimum Gasteiger partial charge on any atom is -0.480 e. The Morgan fingerprint density at radius 1 is 1.03 bits per heavy atom. The van der Waals surface area contributed by atoms with Crippen LogP contribution < -0.4 is 5.32 Å². The molecule has 1 heterocycles. The van der Waals surface area contributed by atoms with Crippen molar-refractivity contribution >= 4 is 18.0 Å². The van der Waals surface area contributed by atoms with Gasteiger partial charge >= 0.3 is 12.1 Å². The number of nitrogens with zero attached hydrogens (tertiary/aromatic N) is 1. The molecule has 2 N–H and O–H groups in total. The Balaban J connectivity index is 1.44. The van der Waals surface area contributed by atoms with Crippen LogP contribution in [0.15, 0.2) is 61.2 Å². The van der Waals surface area contributed by atoms with Gasteiger partial charge in [0, 0.05) is 12.5 Å². The van der Waals surface area contributed by atoms with Crippen LogP contribution in [0.25, 0.3) is 11.1 Å². The lowest BCUT2D eigenvalue weighted by molar-refractivity contribution is -0.151. The summed E-state index contributed by atoms with van der Waals surface area (Å²) >= 11 is 0. The van der Waals surface area contributed by atoms with E-state index in [1.54, 1.807) is 6.08 Å². The predicted molar refractivity (Wildman–Crippen MR) is 133 cm³/mol. The number of aliphatic carboxylic acids is 1. The summed E-state index contributed by atoms with van der Waals surface area (Å²) in [6.45, 7) is 4.20. The Hall–Kier alpha value is -3.61. The zero-order valence-electron chi connectivity index (χ0n) is 19.8. The monoisotopic (exact) mass is 476 g/mol. The summed E-state index contributed by atoms with van der Waals surface area (Å²) < 4.78 is 5.60. The molecule has 0 bridgehead atoms. The second kappa shape index (κ2) is 11.2. The first-order valence-electron chi connectivity index (χ1n) is 12.3. The van der Waals surface area contributed by atoms with Crippen molar-refractivity contribution in [3.8, 4) is 11.1 Å². The molecule has 7 heteroatoms. The van der Waals surface area contributed by atoms with Gasteiger partial charge < -0.3 is 20.1 Å². The lowest BCUT2D eigenvalue weighted by atomic mass is 9.98. The van der Waals surface area contributed by atoms with Crippen LogP contribution in [0, 0.1) is 0 Å². The third-order valence-corrected chi connectivity index (χ3v) is 6.91. The maximum Gasteiger partial charge on any atom is 0.407 e. The van der Waals surface area contributed by atoms with E-state index in [2.05, 4.69) is 24.0 Å². The lowest BCUT2D eigenvalue weighted by Crippen LogP contribution is -2.54. The molecule has 2 aromatic carbocycles. The van der Waals surface area contributed by atoms with E-state index >= 15 is 0 Å². The minimum absolute atomic E-state index is 0.0903. The van der Waals surface area contributed by atoms with Crippen LogP contribution in [-0.2, 0) is 14.3 Å². The topological polar surface area (TPSA) is 95.9 Å². The molecule has 2 aromatic rings. The fourth-order valence-corrected chi connectivity index (χ4v) is 5.18. The Morgan fingerprint density at radius 3 is 2.29 bits per heavy atom. The number of nitrogens with one attached hydrogen (secondary N) is 1. The van der Waals surface area contributed by atoms with Crippen molar-refractivity contribution in [3.63, 3.8) is 0 Å². The van der Waals surface area contributed by atoms with Crippen LogP contribution in [0.4, 0.5) is 4.79 Å². The van der Waals surface area contributed by atoms with Crippen LogP contribution in [0.1, 0.15) is 55.6 Å². The smallest absolute Gasteiger partial charge is 0.407 e. The fraction of sp³-hybridized carbons (Fsp3) is 0.393. The zero-order valence-corrected chi connectivity index (χ0v) is 19.8. The molecule has 7 nitrogen and oxygen atoms in total. The van der Waals surface area contributed by atoms with Gasteiger partial charge in [-0.05, 0) is 41.5 Å². The summed E-state index contributed by atoms with van der Waals surface area (Å²) in [6.07, 6.45) is 4.84. The average Bonchev–Trinajstić information content (AvgIpc) is 3.15. The maximum atomic E-state index is 13.3. The number of amides is 2. The van der Waals surface area contributed by atoms with Crippen molar-refractivity contribution in [1.82, 2.24) is 10.2 Å². The van der Waals surface area contributed by atoms with Gasteiger partial charge in [0.05, 0.1) is 0 Å². The van der Waals surface area contributed by atoms with Crippen LogP contribution in [-0.4, -0.2) is 53.2 Å². The molecular formula is C28H32N2O5. The van der Waals surface area contributed by atoms with E-state index in [1.807, 2.05) is 36.4 Å². The van der Waals surface area contributed by atoms with Crippen LogP contribution in [0.2, 0.25) is 0 Å². The molecule has 2 aliphatic rings. The van der Waals surface area contributed by atoms with Crippen molar-refractivity contribution < 1.29 is 24.2 Å². The van der Waals surface area contributed by atoms with Gasteiger partial charge in [-0.25, -0.2) is 9.59 Å². The first-order chi connectivity index (χ1) is 17.0. The molecule has 1 fully saturated rings. The summed E-state index contributed by atoms with van der Waals surface area (Å²) in [5, 5.41) is 12.4. The van der Waals surface area contributed by atoms with Crippen molar-refractivity contribution in [2.45, 2.75) is 56.5 Å². The third-order valence-electron chi connectivity index (χ3n) is 6.91. The van der Waals surface area contributed by atoms with Gasteiger partial charge in [-0.2, -0.15) is 0 Å². The molecule has 1 saturated heterocycles. The molecule has 2 unspecified atom stereocenters. The summed E-state index contributed by atoms with van der Waals surface area (Å²) in [5.41, 5.74) is 4.47. The Labute approximate surface area is 205 Å². The van der Waals surface area contributed by atoms with E-state index < -0.39 is 30.1 Å². The highest BCUT2D eigenvalue weighted by atomic mass is 16.5. The third kappa shape index (κ3) is 5.39. The molecule has 0 radical (unpaired) electrons. The van der Waals surface area contributed by atoms with Gasteiger partial charge in [0.1, 0.15) is 18.7 Å². The van der Waals surface area contributed by atoms with Crippen LogP contribution >= 0.6 is 0 Å². The van der Waals surface area contributed by atoms with Gasteiger partial charge in [-0.15, -0.1) is 6.58 Å². The minimum atomic E-state index is -1.02. The number of carbonyl (C=O) groups excluding carboxylic acids is 2. The number of hydrogen-bond acceptors (Lipinski definition) is 4. The van der Waals surface area contributed by atoms with E-state index in [4.69, 9.17) is 4.74 Å². The Bertz CT molecular complexity index is 1050. The average molecular weight is 477 g/mol. The first kappa shape index (κ1) is 24.5. The molecule has 4 rings (SSSR count). The summed E-state index contributed by atoms with van der Waals surface area (Å²) in [6, 6.07) is 14.3. The van der Waals surface area contributed by atoms with Crippen molar-refractivity contribution in [3.05, 3.63) is 72.3 Å². The number of carboxylic acid groups (broad SMARTS) is 1. The number of hydrogen-bond donors (Lipinski definition) is 2. The molecule has 1 aliphatic heterocycles. The molecule has 35 heavy (non-hydrogen) atoms. The standard InChI is InChI=1S/C28H32N2O5/c1-2-11-24(26(31)30-17-10-4-3-5-16-25(30)27(32)33)29-28(34)35-18-23-21-14-8-6-12-19(21)20-13-7-9-15-22(20)23/h2,6-9,12-15,23-25H,1,3-5,10-11,16-18H2,(H,29,34)(H,32,33). The van der Waals surface area contributed by atoms with Crippen LogP contribution in [0.5, 0.6) is 0 Å². The van der Waals surface area contributed by atoms with Gasteiger partial charge in [-0.3, -0.25) is 4.79 Å². The normalized spacial score (nSPS) is 18.4. The second-order valence-electron chi connectivity index (χ2n) is 9.14. The van der Waals surface area contributed by atoms with Gasteiger partial charge in [0.2, 0.25) is 5.91 Å². The number of carbonyl (C=O) groups is 3. The highest BCUT2D eigenvalue weighted by Crippen LogP contribution is 2.44. The highest BCUT2D eigenvalue weighted by Gasteiger charge is 2.35. The maximum absolute atomic E-state index is 13.3. The molecule has 0 aromatic heterocycles. The fourth-order valence-electron chi connectivity index (χ4n) is 5.18. The Kier molecular flexibility index (Phi) is 7.85. The second-order valence-corrected chi connectivity index (χ2v) is 9.14. The number of carboxylic acids is 1. The van der Waals surface area contributed by atoms with E-state index in [0.29, 0.717) is 13.0 Å². The van der Waals surface area contributed by atoms with Gasteiger partial charge in [-0.1, -0.05) is 73.9 Å². The van der Waals surface area contributed by atoms with Gasteiger partial charge in [0.15, 0.2) is 0 Å². The molecule has 0 saturated carbocycles. The number of alkyl carbamates (subject to hydrolysis) is 1. The van der Waals surface area contributed by atoms with E-state index in [-0.39, 0.29) is 18.9 Å². The van der Waals surface area contributed by atoms with Crippen molar-refractivity contribution in [2.24, 2.45) is 0 Å². The molecule has 0 spiro atoms. The number of rotatable bonds is 7. The van der Waals surface area contributed by atoms with Gasteiger partial charge in [0.25, 0.3) is 0 Å². The summed E-state index contributed by atoms with van der Waals surface area (Å²) in [5.74, 6) is -1.51. The van der Waals surface area contributed by atoms with E-state index in [9.17, 15) is 19.5 Å². The van der Waals surface area contributed by atoms with E-state index in [0.717, 1.165) is 47.9 Å². The first-order valence-corrected chi connectivity index (χ1v) is 12.3. The largest absolute Gasteiger partial charge is 0.480 e. The van der Waals surface area contributed by atoms with Crippen molar-refractivity contribution in [1.29, 1.82) is 0 Å². The number of benzene rings is 2. The zero-order chi connectivity index (χ0) is 24.8. The van der Waals surface area contributed by atoms with Crippen molar-refractivity contribution in [2.75, 3.05) is 13.2 Å². The Morgan fingerprint density at radius 2 is 1.66 bits per heavy atom. The summed E-state index contributed by atoms with van der Waals surface area (Å²) in [7, 11) is 0. The lowest BCUT2D eigenvalue weighted by Gasteiger charge is -2.33. The number of fused-ring (bicyclic) bond motifs is 3. The van der Waals surface area contributed by atoms with Crippen LogP contribution in [0.3, 0.4) is 0 Å².